The maximum Gasteiger partial charge on any atom is 0.305 e. The molecule has 0 fully saturated rings. The summed E-state index contributed by atoms with van der Waals surface area (Å²) in [4.78, 5) is 19.4. The number of nitrogens with one attached hydrogen (secondary N) is 2. The van der Waals surface area contributed by atoms with Gasteiger partial charge in [-0.1, -0.05) is 27.2 Å². The molecule has 0 aliphatic heterocycles. The minimum atomic E-state index is -0.152. The van der Waals surface area contributed by atoms with Crippen molar-refractivity contribution in [3.63, 3.8) is 0 Å². The number of guanidine groups is 1. The third kappa shape index (κ3) is 9.66. The van der Waals surface area contributed by atoms with Crippen LogP contribution in [0.5, 0.6) is 0 Å². The number of hydrogen-bond acceptors (Lipinski definition) is 5. The van der Waals surface area contributed by atoms with Gasteiger partial charge in [-0.3, -0.25) is 9.79 Å². The zero-order chi connectivity index (χ0) is 18.0. The maximum atomic E-state index is 11.0. The Balaban J connectivity index is 0.00000576. The van der Waals surface area contributed by atoms with E-state index in [0.29, 0.717) is 24.8 Å². The molecule has 1 rings (SSSR count). The van der Waals surface area contributed by atoms with Crippen LogP contribution in [0.2, 0.25) is 0 Å². The predicted molar refractivity (Wildman–Crippen MR) is 109 cm³/mol. The zero-order valence-electron chi connectivity index (χ0n) is 15.8. The van der Waals surface area contributed by atoms with E-state index < -0.39 is 0 Å². The third-order valence-corrected chi connectivity index (χ3v) is 3.50. The van der Waals surface area contributed by atoms with E-state index in [1.165, 1.54) is 7.11 Å². The number of aliphatic imine (C=N–C) groups is 1. The van der Waals surface area contributed by atoms with E-state index in [0.717, 1.165) is 31.6 Å². The summed E-state index contributed by atoms with van der Waals surface area (Å²) in [6, 6.07) is 0. The van der Waals surface area contributed by atoms with Gasteiger partial charge in [0.25, 0.3) is 0 Å². The molecule has 0 aliphatic carbocycles. The van der Waals surface area contributed by atoms with Crippen LogP contribution in [0.25, 0.3) is 0 Å². The number of esters is 1. The van der Waals surface area contributed by atoms with Gasteiger partial charge in [0.1, 0.15) is 5.76 Å². The lowest BCUT2D eigenvalue weighted by Gasteiger charge is -2.13. The Labute approximate surface area is 167 Å². The van der Waals surface area contributed by atoms with E-state index in [4.69, 9.17) is 4.42 Å². The molecule has 0 amide bonds. The van der Waals surface area contributed by atoms with Crippen LogP contribution >= 0.6 is 24.0 Å². The summed E-state index contributed by atoms with van der Waals surface area (Å²) >= 11 is 0. The van der Waals surface area contributed by atoms with Crippen molar-refractivity contribution in [3.05, 3.63) is 17.8 Å². The second kappa shape index (κ2) is 12.1. The number of carbonyl (C=O) groups is 1. The Morgan fingerprint density at radius 2 is 2.00 bits per heavy atom. The number of unbranched alkanes of at least 4 members (excludes halogenated alkanes) is 2. The van der Waals surface area contributed by atoms with E-state index in [1.807, 2.05) is 0 Å². The van der Waals surface area contributed by atoms with Crippen molar-refractivity contribution < 1.29 is 13.9 Å². The van der Waals surface area contributed by atoms with Crippen LogP contribution < -0.4 is 10.6 Å². The van der Waals surface area contributed by atoms with Gasteiger partial charge < -0.3 is 19.8 Å². The molecule has 0 radical (unpaired) electrons. The van der Waals surface area contributed by atoms with Crippen LogP contribution in [0.1, 0.15) is 58.1 Å². The molecule has 0 atom stereocenters. The molecule has 0 saturated heterocycles. The molecule has 7 nitrogen and oxygen atoms in total. The Kier molecular flexibility index (Phi) is 11.5. The van der Waals surface area contributed by atoms with Crippen LogP contribution in [0, 0.1) is 0 Å². The summed E-state index contributed by atoms with van der Waals surface area (Å²) in [7, 11) is 3.14. The van der Waals surface area contributed by atoms with Gasteiger partial charge in [-0.15, -0.1) is 24.0 Å². The van der Waals surface area contributed by atoms with Crippen molar-refractivity contribution in [1.29, 1.82) is 0 Å². The molecule has 0 spiro atoms. The van der Waals surface area contributed by atoms with Gasteiger partial charge >= 0.3 is 5.97 Å². The molecule has 25 heavy (non-hydrogen) atoms. The van der Waals surface area contributed by atoms with Crippen molar-refractivity contribution in [2.75, 3.05) is 20.7 Å². The average Bonchev–Trinajstić information content (AvgIpc) is 3.02. The molecule has 0 saturated carbocycles. The van der Waals surface area contributed by atoms with Crippen LogP contribution in [-0.2, 0) is 21.5 Å². The van der Waals surface area contributed by atoms with Gasteiger partial charge in [-0.25, -0.2) is 4.98 Å². The number of halogens is 1. The summed E-state index contributed by atoms with van der Waals surface area (Å²) in [6.07, 6.45) is 5.02. The van der Waals surface area contributed by atoms with E-state index in [2.05, 4.69) is 46.1 Å². The van der Waals surface area contributed by atoms with Gasteiger partial charge in [-0.2, -0.15) is 0 Å². The minimum Gasteiger partial charge on any atom is -0.469 e. The normalized spacial score (nSPS) is 11.6. The van der Waals surface area contributed by atoms with Gasteiger partial charge in [-0.05, 0) is 12.8 Å². The van der Waals surface area contributed by atoms with E-state index >= 15 is 0 Å². The number of nitrogens with zero attached hydrogens (tertiary/aromatic N) is 2. The molecule has 0 bridgehead atoms. The first-order valence-electron chi connectivity index (χ1n) is 8.33. The van der Waals surface area contributed by atoms with Crippen LogP contribution in [-0.4, -0.2) is 37.6 Å². The molecule has 0 unspecified atom stereocenters. The highest BCUT2D eigenvalue weighted by Gasteiger charge is 2.19. The summed E-state index contributed by atoms with van der Waals surface area (Å²) < 4.78 is 10.3. The minimum absolute atomic E-state index is 0. The highest BCUT2D eigenvalue weighted by Crippen LogP contribution is 2.22. The molecule has 0 aromatic carbocycles. The fourth-order valence-electron chi connectivity index (χ4n) is 2.00. The highest BCUT2D eigenvalue weighted by molar-refractivity contribution is 14.0. The second-order valence-corrected chi connectivity index (χ2v) is 6.61. The number of rotatable bonds is 8. The number of hydrogen-bond donors (Lipinski definition) is 2. The first-order valence-corrected chi connectivity index (χ1v) is 8.33. The summed E-state index contributed by atoms with van der Waals surface area (Å²) in [5.74, 6) is 2.06. The van der Waals surface area contributed by atoms with Crippen molar-refractivity contribution in [1.82, 2.24) is 15.6 Å². The Morgan fingerprint density at radius 3 is 2.56 bits per heavy atom. The van der Waals surface area contributed by atoms with Gasteiger partial charge in [0.2, 0.25) is 5.89 Å². The zero-order valence-corrected chi connectivity index (χ0v) is 18.2. The van der Waals surface area contributed by atoms with Gasteiger partial charge in [0.05, 0.1) is 19.9 Å². The van der Waals surface area contributed by atoms with E-state index in [1.54, 1.807) is 13.2 Å². The molecular formula is C17H31IN4O3. The van der Waals surface area contributed by atoms with E-state index in [9.17, 15) is 4.79 Å². The number of methoxy groups -OCH3 is 1. The Morgan fingerprint density at radius 1 is 1.28 bits per heavy atom. The number of ether oxygens (including phenoxy) is 1. The maximum absolute atomic E-state index is 11.0. The molecule has 144 valence electrons. The lowest BCUT2D eigenvalue weighted by Crippen LogP contribution is -2.37. The Bertz CT molecular complexity index is 538. The quantitative estimate of drug-likeness (QED) is 0.201. The number of carbonyl (C=O) groups excluding carboxylic acids is 1. The molecule has 1 aromatic heterocycles. The average molecular weight is 466 g/mol. The largest absolute Gasteiger partial charge is 0.469 e. The van der Waals surface area contributed by atoms with E-state index in [-0.39, 0.29) is 35.4 Å². The molecule has 0 aliphatic rings. The van der Waals surface area contributed by atoms with Crippen LogP contribution in [0.4, 0.5) is 0 Å². The molecule has 8 heteroatoms. The van der Waals surface area contributed by atoms with Gasteiger partial charge in [0, 0.05) is 25.4 Å². The summed E-state index contributed by atoms with van der Waals surface area (Å²) in [5.41, 5.74) is -0.0463. The molecular weight excluding hydrogens is 435 g/mol. The standard InChI is InChI=1S/C17H30N4O3.HI/c1-17(2,3)13-11-20-14(24-13)12-21-16(18-4)19-10-8-6-7-9-15(22)23-5;/h11H,6-10,12H2,1-5H3,(H2,18,19,21);1H. The molecule has 1 heterocycles. The van der Waals surface area contributed by atoms with Crippen LogP contribution in [0.3, 0.4) is 0 Å². The van der Waals surface area contributed by atoms with Crippen molar-refractivity contribution in [2.24, 2.45) is 4.99 Å². The topological polar surface area (TPSA) is 88.8 Å². The second-order valence-electron chi connectivity index (χ2n) is 6.61. The van der Waals surface area contributed by atoms with Crippen molar-refractivity contribution in [2.45, 2.75) is 58.4 Å². The van der Waals surface area contributed by atoms with Crippen LogP contribution in [0.15, 0.2) is 15.6 Å². The first kappa shape index (κ1) is 23.7. The monoisotopic (exact) mass is 466 g/mol. The molecule has 1 aromatic rings. The van der Waals surface area contributed by atoms with Gasteiger partial charge in [0.15, 0.2) is 5.96 Å². The SMILES string of the molecule is CN=C(NCCCCCC(=O)OC)NCc1ncc(C(C)(C)C)o1.I. The summed E-state index contributed by atoms with van der Waals surface area (Å²) in [6.45, 7) is 7.54. The molecule has 2 N–H and O–H groups in total. The Hall–Kier alpha value is -1.32. The third-order valence-electron chi connectivity index (χ3n) is 3.50. The fourth-order valence-corrected chi connectivity index (χ4v) is 2.00. The predicted octanol–water partition coefficient (Wildman–Crippen LogP) is 2.99. The smallest absolute Gasteiger partial charge is 0.305 e. The first-order chi connectivity index (χ1) is 11.4. The summed E-state index contributed by atoms with van der Waals surface area (Å²) in [5, 5.41) is 6.41. The number of oxazole rings is 1. The highest BCUT2D eigenvalue weighted by atomic mass is 127. The number of aromatic nitrogens is 1. The lowest BCUT2D eigenvalue weighted by molar-refractivity contribution is -0.140. The lowest BCUT2D eigenvalue weighted by atomic mass is 9.94. The van der Waals surface area contributed by atoms with Crippen molar-refractivity contribution in [3.8, 4) is 0 Å². The van der Waals surface area contributed by atoms with Crippen molar-refractivity contribution >= 4 is 35.9 Å². The fraction of sp³-hybridized carbons (Fsp3) is 0.706.